The molecule has 0 unspecified atom stereocenters. The molecule has 136 valence electrons. The molecule has 1 atom stereocenters. The predicted molar refractivity (Wildman–Crippen MR) is 109 cm³/mol. The lowest BCUT2D eigenvalue weighted by atomic mass is 9.95. The van der Waals surface area contributed by atoms with E-state index in [0.29, 0.717) is 0 Å². The SMILES string of the molecule is COc1ccccc1[C@H](Nc1cccc(C)[nH+]1)c1c(C)[nH]c2ccccc12. The summed E-state index contributed by atoms with van der Waals surface area (Å²) in [6.45, 7) is 4.18. The van der Waals surface area contributed by atoms with E-state index in [4.69, 9.17) is 4.74 Å². The largest absolute Gasteiger partial charge is 0.496 e. The number of fused-ring (bicyclic) bond motifs is 1. The normalized spacial score (nSPS) is 12.1. The number of benzene rings is 2. The number of methoxy groups -OCH3 is 1. The van der Waals surface area contributed by atoms with Gasteiger partial charge in [0.05, 0.1) is 12.8 Å². The van der Waals surface area contributed by atoms with Crippen LogP contribution in [0.2, 0.25) is 0 Å². The molecule has 0 spiro atoms. The second-order valence-electron chi connectivity index (χ2n) is 6.78. The molecule has 0 fully saturated rings. The van der Waals surface area contributed by atoms with Gasteiger partial charge in [-0.05, 0) is 32.0 Å². The summed E-state index contributed by atoms with van der Waals surface area (Å²) < 4.78 is 5.68. The van der Waals surface area contributed by atoms with Gasteiger partial charge in [-0.2, -0.15) is 0 Å². The fraction of sp³-hybridized carbons (Fsp3) is 0.174. The van der Waals surface area contributed by atoms with Crippen molar-refractivity contribution in [2.45, 2.75) is 19.9 Å². The van der Waals surface area contributed by atoms with Crippen LogP contribution in [0, 0.1) is 13.8 Å². The molecule has 2 heterocycles. The van der Waals surface area contributed by atoms with Crippen molar-refractivity contribution in [1.82, 2.24) is 4.98 Å². The lowest BCUT2D eigenvalue weighted by Gasteiger charge is -2.18. The second kappa shape index (κ2) is 7.16. The van der Waals surface area contributed by atoms with Crippen LogP contribution in [0.25, 0.3) is 10.9 Å². The Kier molecular flexibility index (Phi) is 4.55. The maximum atomic E-state index is 5.68. The minimum atomic E-state index is -0.0599. The number of rotatable bonds is 5. The molecule has 4 rings (SSSR count). The van der Waals surface area contributed by atoms with E-state index in [-0.39, 0.29) is 6.04 Å². The van der Waals surface area contributed by atoms with Crippen LogP contribution in [-0.4, -0.2) is 12.1 Å². The van der Waals surface area contributed by atoms with Crippen LogP contribution in [0.5, 0.6) is 5.75 Å². The van der Waals surface area contributed by atoms with Crippen molar-refractivity contribution in [3.63, 3.8) is 0 Å². The Bertz CT molecular complexity index is 1080. The first-order valence-electron chi connectivity index (χ1n) is 9.13. The van der Waals surface area contributed by atoms with Crippen LogP contribution in [0.1, 0.15) is 28.6 Å². The molecule has 0 saturated heterocycles. The molecular weight excluding hydrogens is 334 g/mol. The molecule has 2 aromatic carbocycles. The van der Waals surface area contributed by atoms with E-state index in [1.165, 1.54) is 10.9 Å². The van der Waals surface area contributed by atoms with E-state index in [0.717, 1.165) is 34.0 Å². The minimum Gasteiger partial charge on any atom is -0.496 e. The van der Waals surface area contributed by atoms with Gasteiger partial charge in [0, 0.05) is 33.8 Å². The number of H-pyrrole nitrogens is 2. The third-order valence-corrected chi connectivity index (χ3v) is 4.92. The van der Waals surface area contributed by atoms with Gasteiger partial charge in [-0.1, -0.05) is 42.5 Å². The monoisotopic (exact) mass is 358 g/mol. The molecule has 4 aromatic rings. The molecule has 27 heavy (non-hydrogen) atoms. The average molecular weight is 358 g/mol. The van der Waals surface area contributed by atoms with Crippen molar-refractivity contribution in [3.05, 3.63) is 89.2 Å². The Morgan fingerprint density at radius 3 is 2.52 bits per heavy atom. The molecular formula is C23H24N3O+. The summed E-state index contributed by atoms with van der Waals surface area (Å²) in [7, 11) is 1.72. The van der Waals surface area contributed by atoms with E-state index < -0.39 is 0 Å². The number of hydrogen-bond acceptors (Lipinski definition) is 2. The summed E-state index contributed by atoms with van der Waals surface area (Å²) in [4.78, 5) is 6.93. The molecule has 4 heteroatoms. The second-order valence-corrected chi connectivity index (χ2v) is 6.78. The number of pyridine rings is 1. The smallest absolute Gasteiger partial charge is 0.273 e. The molecule has 0 bridgehead atoms. The van der Waals surface area contributed by atoms with Crippen molar-refractivity contribution < 1.29 is 9.72 Å². The molecule has 3 N–H and O–H groups in total. The van der Waals surface area contributed by atoms with E-state index in [9.17, 15) is 0 Å². The highest BCUT2D eigenvalue weighted by Crippen LogP contribution is 2.37. The number of aromatic amines is 2. The lowest BCUT2D eigenvalue weighted by molar-refractivity contribution is -0.371. The van der Waals surface area contributed by atoms with Crippen molar-refractivity contribution in [2.75, 3.05) is 12.4 Å². The van der Waals surface area contributed by atoms with E-state index in [1.54, 1.807) is 7.11 Å². The topological polar surface area (TPSA) is 51.2 Å². The number of aryl methyl sites for hydroxylation is 2. The third-order valence-electron chi connectivity index (χ3n) is 4.92. The third kappa shape index (κ3) is 3.26. The summed E-state index contributed by atoms with van der Waals surface area (Å²) in [5.41, 5.74) is 5.72. The number of aromatic nitrogens is 2. The average Bonchev–Trinajstić information content (AvgIpc) is 3.02. The Hall–Kier alpha value is -3.27. The quantitative estimate of drug-likeness (QED) is 0.538. The first kappa shape index (κ1) is 17.2. The Morgan fingerprint density at radius 2 is 1.70 bits per heavy atom. The summed E-state index contributed by atoms with van der Waals surface area (Å²) in [6.07, 6.45) is 0. The summed E-state index contributed by atoms with van der Waals surface area (Å²) in [5.74, 6) is 1.84. The highest BCUT2D eigenvalue weighted by atomic mass is 16.5. The van der Waals surface area contributed by atoms with Gasteiger partial charge in [-0.15, -0.1) is 0 Å². The van der Waals surface area contributed by atoms with Gasteiger partial charge in [0.15, 0.2) is 6.04 Å². The number of ether oxygens (including phenoxy) is 1. The standard InChI is InChI=1S/C23H23N3O/c1-15-9-8-14-21(24-15)26-23(18-11-5-7-13-20(18)27-3)22-16(2)25-19-12-6-4-10-17(19)22/h4-14,23,25H,1-3H3,(H,24,26)/p+1/t23-/m0/s1. The summed E-state index contributed by atoms with van der Waals surface area (Å²) >= 11 is 0. The zero-order chi connectivity index (χ0) is 18.8. The van der Waals surface area contributed by atoms with Crippen LogP contribution in [-0.2, 0) is 0 Å². The maximum absolute atomic E-state index is 5.68. The van der Waals surface area contributed by atoms with Gasteiger partial charge < -0.3 is 9.72 Å². The van der Waals surface area contributed by atoms with Gasteiger partial charge in [0.1, 0.15) is 5.75 Å². The Morgan fingerprint density at radius 1 is 0.926 bits per heavy atom. The van der Waals surface area contributed by atoms with Crippen LogP contribution < -0.4 is 15.0 Å². The van der Waals surface area contributed by atoms with Crippen molar-refractivity contribution in [3.8, 4) is 5.75 Å². The highest BCUT2D eigenvalue weighted by Gasteiger charge is 2.27. The number of anilines is 1. The molecule has 0 aliphatic carbocycles. The summed E-state index contributed by atoms with van der Waals surface area (Å²) in [5, 5.41) is 4.90. The van der Waals surface area contributed by atoms with Crippen molar-refractivity contribution in [1.29, 1.82) is 0 Å². The van der Waals surface area contributed by atoms with E-state index in [1.807, 2.05) is 12.1 Å². The maximum Gasteiger partial charge on any atom is 0.273 e. The lowest BCUT2D eigenvalue weighted by Crippen LogP contribution is -2.21. The van der Waals surface area contributed by atoms with Gasteiger partial charge in [0.2, 0.25) is 0 Å². The van der Waals surface area contributed by atoms with Crippen LogP contribution in [0.3, 0.4) is 0 Å². The van der Waals surface area contributed by atoms with E-state index in [2.05, 4.69) is 83.7 Å². The summed E-state index contributed by atoms with van der Waals surface area (Å²) in [6, 6.07) is 22.7. The predicted octanol–water partition coefficient (Wildman–Crippen LogP) is 4.81. The van der Waals surface area contributed by atoms with Gasteiger partial charge in [0.25, 0.3) is 5.82 Å². The zero-order valence-electron chi connectivity index (χ0n) is 15.8. The zero-order valence-corrected chi connectivity index (χ0v) is 15.8. The fourth-order valence-corrected chi connectivity index (χ4v) is 3.70. The number of hydrogen-bond donors (Lipinski definition) is 2. The van der Waals surface area contributed by atoms with Gasteiger partial charge in [-0.25, -0.2) is 4.98 Å². The van der Waals surface area contributed by atoms with Gasteiger partial charge >= 0.3 is 0 Å². The molecule has 0 aliphatic rings. The minimum absolute atomic E-state index is 0.0599. The number of nitrogens with one attached hydrogen (secondary N) is 3. The Balaban J connectivity index is 1.91. The van der Waals surface area contributed by atoms with Crippen molar-refractivity contribution >= 4 is 16.7 Å². The molecule has 0 amide bonds. The highest BCUT2D eigenvalue weighted by molar-refractivity contribution is 5.86. The number of para-hydroxylation sites is 2. The van der Waals surface area contributed by atoms with Gasteiger partial charge in [-0.3, -0.25) is 5.32 Å². The van der Waals surface area contributed by atoms with Crippen LogP contribution >= 0.6 is 0 Å². The fourth-order valence-electron chi connectivity index (χ4n) is 3.70. The molecule has 0 radical (unpaired) electrons. The van der Waals surface area contributed by atoms with Crippen LogP contribution in [0.15, 0.2) is 66.7 Å². The van der Waals surface area contributed by atoms with E-state index >= 15 is 0 Å². The first-order chi connectivity index (χ1) is 13.2. The van der Waals surface area contributed by atoms with Crippen LogP contribution in [0.4, 0.5) is 5.82 Å². The molecule has 2 aromatic heterocycles. The molecule has 4 nitrogen and oxygen atoms in total. The molecule has 0 aliphatic heterocycles. The Labute approximate surface area is 159 Å². The molecule has 0 saturated carbocycles. The van der Waals surface area contributed by atoms with Crippen molar-refractivity contribution in [2.24, 2.45) is 0 Å². The first-order valence-corrected chi connectivity index (χ1v) is 9.13.